The minimum atomic E-state index is -4.19. The van der Waals surface area contributed by atoms with Crippen molar-refractivity contribution >= 4 is 0 Å². The third kappa shape index (κ3) is 2.50. The van der Waals surface area contributed by atoms with E-state index in [2.05, 4.69) is 6.58 Å². The van der Waals surface area contributed by atoms with Crippen LogP contribution in [0.4, 0.5) is 13.2 Å². The number of alkyl halides is 3. The Bertz CT molecular complexity index is 200. The van der Waals surface area contributed by atoms with Gasteiger partial charge in [-0.15, -0.1) is 6.58 Å². The molecule has 1 fully saturated rings. The van der Waals surface area contributed by atoms with Crippen LogP contribution >= 0.6 is 0 Å². The highest BCUT2D eigenvalue weighted by atomic mass is 19.4. The molecule has 0 aromatic heterocycles. The van der Waals surface area contributed by atoms with Crippen molar-refractivity contribution in [3.8, 4) is 0 Å². The van der Waals surface area contributed by atoms with Crippen LogP contribution in [-0.2, 0) is 0 Å². The van der Waals surface area contributed by atoms with Crippen LogP contribution in [0.1, 0.15) is 25.7 Å². The molecule has 3 atom stereocenters. The number of hydrogen-bond donors (Lipinski definition) is 1. The first-order valence-corrected chi connectivity index (χ1v) is 4.84. The van der Waals surface area contributed by atoms with Gasteiger partial charge in [0.05, 0.1) is 12.0 Å². The molecule has 1 aliphatic rings. The van der Waals surface area contributed by atoms with Gasteiger partial charge in [0.2, 0.25) is 0 Å². The molecule has 0 radical (unpaired) electrons. The predicted molar refractivity (Wildman–Crippen MR) is 47.7 cm³/mol. The lowest BCUT2D eigenvalue weighted by molar-refractivity contribution is -0.203. The molecule has 3 unspecified atom stereocenters. The summed E-state index contributed by atoms with van der Waals surface area (Å²) < 4.78 is 37.6. The van der Waals surface area contributed by atoms with E-state index in [4.69, 9.17) is 0 Å². The molecule has 82 valence electrons. The van der Waals surface area contributed by atoms with Gasteiger partial charge < -0.3 is 5.11 Å². The number of aliphatic hydroxyl groups excluding tert-OH is 1. The van der Waals surface area contributed by atoms with Crippen molar-refractivity contribution in [3.05, 3.63) is 12.7 Å². The molecule has 0 bridgehead atoms. The molecule has 1 N–H and O–H groups in total. The maximum absolute atomic E-state index is 12.5. The summed E-state index contributed by atoms with van der Waals surface area (Å²) >= 11 is 0. The third-order valence-corrected chi connectivity index (χ3v) is 2.92. The topological polar surface area (TPSA) is 20.2 Å². The first-order chi connectivity index (χ1) is 6.46. The molecule has 0 aliphatic heterocycles. The zero-order valence-electron chi connectivity index (χ0n) is 7.93. The average molecular weight is 208 g/mol. The smallest absolute Gasteiger partial charge is 0.389 e. The Morgan fingerprint density at radius 1 is 1.29 bits per heavy atom. The molecule has 14 heavy (non-hydrogen) atoms. The summed E-state index contributed by atoms with van der Waals surface area (Å²) in [5.41, 5.74) is 0. The Balaban J connectivity index is 2.73. The van der Waals surface area contributed by atoms with Gasteiger partial charge in [0.25, 0.3) is 0 Å². The van der Waals surface area contributed by atoms with E-state index in [-0.39, 0.29) is 6.42 Å². The van der Waals surface area contributed by atoms with E-state index in [9.17, 15) is 18.3 Å². The van der Waals surface area contributed by atoms with Crippen LogP contribution < -0.4 is 0 Å². The third-order valence-electron chi connectivity index (χ3n) is 2.92. The van der Waals surface area contributed by atoms with E-state index in [0.717, 1.165) is 6.42 Å². The van der Waals surface area contributed by atoms with E-state index < -0.39 is 24.1 Å². The summed E-state index contributed by atoms with van der Waals surface area (Å²) in [4.78, 5) is 0. The van der Waals surface area contributed by atoms with Gasteiger partial charge in [0.15, 0.2) is 0 Å². The molecule has 0 aromatic rings. The molecule has 0 saturated heterocycles. The monoisotopic (exact) mass is 208 g/mol. The highest BCUT2D eigenvalue weighted by molar-refractivity contribution is 4.92. The molecule has 0 amide bonds. The van der Waals surface area contributed by atoms with Crippen molar-refractivity contribution in [2.45, 2.75) is 38.0 Å². The lowest BCUT2D eigenvalue weighted by Gasteiger charge is -2.34. The SMILES string of the molecule is C=CC(O)C1CCCCC1C(F)(F)F. The quantitative estimate of drug-likeness (QED) is 0.692. The molecular weight excluding hydrogens is 193 g/mol. The molecule has 0 aromatic carbocycles. The highest BCUT2D eigenvalue weighted by Crippen LogP contribution is 2.42. The predicted octanol–water partition coefficient (Wildman–Crippen LogP) is 2.90. The van der Waals surface area contributed by atoms with Crippen LogP contribution in [0.15, 0.2) is 12.7 Å². The molecule has 0 heterocycles. The standard InChI is InChI=1S/C10H15F3O/c1-2-9(14)7-5-3-4-6-8(7)10(11,12)13/h2,7-9,14H,1,3-6H2. The molecule has 1 saturated carbocycles. The first-order valence-electron chi connectivity index (χ1n) is 4.84. The summed E-state index contributed by atoms with van der Waals surface area (Å²) in [5, 5.41) is 9.40. The molecule has 1 nitrogen and oxygen atoms in total. The van der Waals surface area contributed by atoms with Gasteiger partial charge in [-0.05, 0) is 18.8 Å². The maximum Gasteiger partial charge on any atom is 0.392 e. The molecule has 4 heteroatoms. The van der Waals surface area contributed by atoms with Crippen molar-refractivity contribution in [3.63, 3.8) is 0 Å². The second-order valence-electron chi connectivity index (χ2n) is 3.82. The van der Waals surface area contributed by atoms with E-state index in [0.29, 0.717) is 12.8 Å². The van der Waals surface area contributed by atoms with Gasteiger partial charge in [0.1, 0.15) is 0 Å². The van der Waals surface area contributed by atoms with Crippen molar-refractivity contribution in [1.29, 1.82) is 0 Å². The second kappa shape index (κ2) is 4.34. The summed E-state index contributed by atoms with van der Waals surface area (Å²) in [6, 6.07) is 0. The van der Waals surface area contributed by atoms with Gasteiger partial charge in [0, 0.05) is 0 Å². The van der Waals surface area contributed by atoms with Crippen molar-refractivity contribution < 1.29 is 18.3 Å². The Hall–Kier alpha value is -0.510. The normalized spacial score (nSPS) is 31.1. The van der Waals surface area contributed by atoms with Crippen LogP contribution in [0.25, 0.3) is 0 Å². The Morgan fingerprint density at radius 2 is 1.86 bits per heavy atom. The van der Waals surface area contributed by atoms with Crippen LogP contribution in [0.5, 0.6) is 0 Å². The van der Waals surface area contributed by atoms with E-state index >= 15 is 0 Å². The average Bonchev–Trinajstić information content (AvgIpc) is 2.15. The van der Waals surface area contributed by atoms with Gasteiger partial charge in [-0.1, -0.05) is 18.9 Å². The summed E-state index contributed by atoms with van der Waals surface area (Å²) in [6.45, 7) is 3.33. The summed E-state index contributed by atoms with van der Waals surface area (Å²) in [5.74, 6) is -2.05. The van der Waals surface area contributed by atoms with E-state index in [1.54, 1.807) is 0 Å². The van der Waals surface area contributed by atoms with E-state index in [1.165, 1.54) is 6.08 Å². The Labute approximate surface area is 81.6 Å². The van der Waals surface area contributed by atoms with Crippen LogP contribution in [0.2, 0.25) is 0 Å². The summed E-state index contributed by atoms with van der Waals surface area (Å²) in [7, 11) is 0. The zero-order valence-corrected chi connectivity index (χ0v) is 7.93. The zero-order chi connectivity index (χ0) is 10.8. The van der Waals surface area contributed by atoms with Crippen molar-refractivity contribution in [1.82, 2.24) is 0 Å². The number of rotatable bonds is 2. The lowest BCUT2D eigenvalue weighted by Crippen LogP contribution is -2.38. The van der Waals surface area contributed by atoms with Gasteiger partial charge >= 0.3 is 6.18 Å². The Morgan fingerprint density at radius 3 is 2.36 bits per heavy atom. The second-order valence-corrected chi connectivity index (χ2v) is 3.82. The Kier molecular flexibility index (Phi) is 3.59. The van der Waals surface area contributed by atoms with Crippen LogP contribution in [0.3, 0.4) is 0 Å². The van der Waals surface area contributed by atoms with E-state index in [1.807, 2.05) is 0 Å². The fraction of sp³-hybridized carbons (Fsp3) is 0.800. The maximum atomic E-state index is 12.5. The van der Waals surface area contributed by atoms with Gasteiger partial charge in [-0.25, -0.2) is 0 Å². The van der Waals surface area contributed by atoms with Crippen LogP contribution in [0, 0.1) is 11.8 Å². The van der Waals surface area contributed by atoms with Crippen LogP contribution in [-0.4, -0.2) is 17.4 Å². The molecule has 0 spiro atoms. The van der Waals surface area contributed by atoms with Crippen molar-refractivity contribution in [2.24, 2.45) is 11.8 Å². The fourth-order valence-corrected chi connectivity index (χ4v) is 2.15. The molecule has 1 aliphatic carbocycles. The largest absolute Gasteiger partial charge is 0.392 e. The van der Waals surface area contributed by atoms with Gasteiger partial charge in [-0.2, -0.15) is 13.2 Å². The van der Waals surface area contributed by atoms with Crippen molar-refractivity contribution in [2.75, 3.05) is 0 Å². The molecular formula is C10H15F3O. The number of aliphatic hydroxyl groups is 1. The first kappa shape index (κ1) is 11.6. The minimum Gasteiger partial charge on any atom is -0.389 e. The number of hydrogen-bond acceptors (Lipinski definition) is 1. The fourth-order valence-electron chi connectivity index (χ4n) is 2.15. The lowest BCUT2D eigenvalue weighted by atomic mass is 9.76. The number of halogens is 3. The minimum absolute atomic E-state index is 0.138. The summed E-state index contributed by atoms with van der Waals surface area (Å²) in [6.07, 6.45) is -2.06. The molecule has 1 rings (SSSR count). The van der Waals surface area contributed by atoms with Gasteiger partial charge in [-0.3, -0.25) is 0 Å². The highest BCUT2D eigenvalue weighted by Gasteiger charge is 2.46.